The summed E-state index contributed by atoms with van der Waals surface area (Å²) in [6.07, 6.45) is 2.72. The van der Waals surface area contributed by atoms with Crippen LogP contribution in [0.2, 0.25) is 0 Å². The Morgan fingerprint density at radius 3 is 2.23 bits per heavy atom. The van der Waals surface area contributed by atoms with Gasteiger partial charge in [-0.05, 0) is 38.7 Å². The second kappa shape index (κ2) is 29.1. The Morgan fingerprint density at radius 2 is 1.57 bits per heavy atom. The summed E-state index contributed by atoms with van der Waals surface area (Å²) in [4.78, 5) is 104. The van der Waals surface area contributed by atoms with E-state index in [0.29, 0.717) is 24.7 Å². The number of phenols is 1. The van der Waals surface area contributed by atoms with Crippen molar-refractivity contribution in [3.63, 3.8) is 0 Å². The van der Waals surface area contributed by atoms with E-state index in [9.17, 15) is 53.2 Å². The third-order valence-electron chi connectivity index (χ3n) is 16.1. The number of aliphatic hydroxyl groups excluding tert-OH is 2. The van der Waals surface area contributed by atoms with Crippen molar-refractivity contribution >= 4 is 96.7 Å². The lowest BCUT2D eigenvalue weighted by molar-refractivity contribution is -0.165. The molecule has 0 aliphatic carbocycles. The van der Waals surface area contributed by atoms with Gasteiger partial charge in [0.25, 0.3) is 5.91 Å². The molecule has 4 bridgehead atoms. The lowest BCUT2D eigenvalue weighted by atomic mass is 9.78. The Morgan fingerprint density at radius 1 is 0.885 bits per heavy atom. The van der Waals surface area contributed by atoms with Crippen molar-refractivity contribution in [1.82, 2.24) is 15.2 Å². The number of fused-ring (bicyclic) bond motifs is 2. The standard InChI is InChI=1S/C61H77N5O19P2/c1-30(2)29-65-21-23-66(24-22-65)38-27-39(68)48-41(28-38)83-57-49(63-48)45-46-52(73)36(8)56-47(45)58(75)61(10,85-56)81-26-20-40(79-11)33(5)55(82-37(9)67)35(7)51(72)34(6)54(31(3)15-14-16-32(4)59(76)64-50(57)53(46)74)84-44(71)17-12-13-25-80-43(70)19-18-42(69)62-60(86-77)87-78/h14-16,20,26-28,30-31,33-35,40,51,54-55,60,72-73,75H,12-13,17-19,21-25,29H2,1-11H3,(H,62,69)(H,64,76)/b15-14+,26-20+,32-16-/t31-,33+,34-,35+,40-,51+,54-,55+,61-/m0/s1. The molecule has 2 amide bonds. The molecule has 1 saturated heterocycles. The molecule has 5 N–H and O–H groups in total. The number of benzene rings is 3. The molecule has 9 atom stereocenters. The Labute approximate surface area is 505 Å². The number of piperazine rings is 1. The maximum absolute atomic E-state index is 15.1. The third kappa shape index (κ3) is 15.3. The van der Waals surface area contributed by atoms with Crippen LogP contribution < -0.4 is 36.3 Å². The highest BCUT2D eigenvalue weighted by Gasteiger charge is 2.45. The molecule has 4 heterocycles. The summed E-state index contributed by atoms with van der Waals surface area (Å²) in [6, 6.07) is 3.10. The van der Waals surface area contributed by atoms with E-state index in [2.05, 4.69) is 34.3 Å². The van der Waals surface area contributed by atoms with Gasteiger partial charge in [0.15, 0.2) is 44.9 Å². The normalized spacial score (nSPS) is 25.9. The quantitative estimate of drug-likeness (QED) is 0.0172. The number of aromatic hydroxyl groups is 1. The molecule has 0 radical (unpaired) electrons. The Bertz CT molecular complexity index is 3570. The van der Waals surface area contributed by atoms with Crippen molar-refractivity contribution in [2.75, 3.05) is 56.7 Å². The largest absolute Gasteiger partial charge is 0.507 e. The number of amides is 2. The summed E-state index contributed by atoms with van der Waals surface area (Å²) in [5.74, 6) is -9.39. The lowest BCUT2D eigenvalue weighted by Gasteiger charge is -2.39. The van der Waals surface area contributed by atoms with Gasteiger partial charge in [0.1, 0.15) is 34.9 Å². The number of phenolic OH excluding ortho intramolecular Hbond substituents is 1. The number of nitrogens with zero attached hydrogens (tertiary/aromatic N) is 3. The summed E-state index contributed by atoms with van der Waals surface area (Å²) in [7, 11) is 0.297. The summed E-state index contributed by atoms with van der Waals surface area (Å²) in [6.45, 7) is 20.2. The molecule has 3 aliphatic heterocycles. The highest BCUT2D eigenvalue weighted by atomic mass is 31.1. The predicted octanol–water partition coefficient (Wildman–Crippen LogP) is 7.37. The number of hydrogen-bond acceptors (Lipinski definition) is 22. The number of allylic oxidation sites excluding steroid dienone is 2. The highest BCUT2D eigenvalue weighted by molar-refractivity contribution is 7.44. The first-order chi connectivity index (χ1) is 41.2. The van der Waals surface area contributed by atoms with Crippen LogP contribution in [0.4, 0.5) is 11.4 Å². The van der Waals surface area contributed by atoms with Crippen molar-refractivity contribution in [1.29, 1.82) is 0 Å². The van der Waals surface area contributed by atoms with E-state index in [4.69, 9.17) is 37.8 Å². The maximum atomic E-state index is 15.1. The number of anilines is 2. The second-order valence-corrected chi connectivity index (χ2v) is 24.9. The van der Waals surface area contributed by atoms with Gasteiger partial charge in [0.05, 0.1) is 42.1 Å². The molecular formula is C61H77N5O19P2. The van der Waals surface area contributed by atoms with Crippen LogP contribution in [0.5, 0.6) is 11.5 Å². The van der Waals surface area contributed by atoms with Crippen molar-refractivity contribution in [3.05, 3.63) is 79.5 Å². The van der Waals surface area contributed by atoms with E-state index >= 15 is 4.79 Å². The van der Waals surface area contributed by atoms with Crippen LogP contribution >= 0.6 is 16.9 Å². The van der Waals surface area contributed by atoms with Crippen molar-refractivity contribution < 1.29 is 81.3 Å². The number of nitrogens with one attached hydrogen (secondary N) is 2. The minimum atomic E-state index is -2.06. The minimum absolute atomic E-state index is 0.00853. The van der Waals surface area contributed by atoms with Gasteiger partial charge in [0, 0.05) is 125 Å². The summed E-state index contributed by atoms with van der Waals surface area (Å²) in [5.41, 5.74) is -3.01. The van der Waals surface area contributed by atoms with Gasteiger partial charge in [0.2, 0.25) is 16.8 Å². The van der Waals surface area contributed by atoms with Gasteiger partial charge in [-0.1, -0.05) is 59.8 Å². The highest BCUT2D eigenvalue weighted by Crippen LogP contribution is 2.43. The van der Waals surface area contributed by atoms with Crippen LogP contribution in [0.3, 0.4) is 0 Å². The van der Waals surface area contributed by atoms with Gasteiger partial charge in [-0.25, -0.2) is 4.98 Å². The number of aromatic nitrogens is 1. The zero-order valence-corrected chi connectivity index (χ0v) is 52.5. The van der Waals surface area contributed by atoms with E-state index < -0.39 is 134 Å². The molecule has 0 spiro atoms. The Hall–Kier alpha value is -7.36. The number of ether oxygens (including phenoxy) is 6. The van der Waals surface area contributed by atoms with Crippen LogP contribution in [0.1, 0.15) is 100.0 Å². The summed E-state index contributed by atoms with van der Waals surface area (Å²) < 4.78 is 64.2. The molecule has 7 rings (SSSR count). The molecule has 4 aromatic rings. The van der Waals surface area contributed by atoms with Crippen molar-refractivity contribution in [2.45, 2.75) is 137 Å². The van der Waals surface area contributed by atoms with Gasteiger partial charge in [-0.2, -0.15) is 0 Å². The van der Waals surface area contributed by atoms with Crippen molar-refractivity contribution in [2.24, 2.45) is 29.6 Å². The fraction of sp³-hybridized carbons (Fsp3) is 0.541. The number of unbranched alkanes of at least 4 members (excludes halogenated alkanes) is 1. The molecule has 3 aromatic carbocycles. The molecule has 0 unspecified atom stereocenters. The van der Waals surface area contributed by atoms with E-state index in [1.54, 1.807) is 39.8 Å². The average Bonchev–Trinajstić information content (AvgIpc) is 1.68. The van der Waals surface area contributed by atoms with Crippen LogP contribution in [-0.2, 0) is 56.8 Å². The Balaban J connectivity index is 1.28. The number of hydrogen-bond donors (Lipinski definition) is 5. The number of esters is 3. The molecule has 1 aromatic heterocycles. The number of aliphatic hydroxyl groups is 2. The predicted molar refractivity (Wildman–Crippen MR) is 324 cm³/mol. The smallest absolute Gasteiger partial charge is 0.307 e. The first-order valence-corrected chi connectivity index (χ1v) is 30.7. The van der Waals surface area contributed by atoms with E-state index in [0.717, 1.165) is 19.6 Å². The maximum Gasteiger partial charge on any atom is 0.307 e. The van der Waals surface area contributed by atoms with E-state index in [1.165, 1.54) is 65.4 Å². The topological polar surface area (TPSA) is 326 Å². The molecule has 1 fully saturated rings. The molecular weight excluding hydrogens is 1170 g/mol. The van der Waals surface area contributed by atoms with E-state index in [-0.39, 0.29) is 93.8 Å². The van der Waals surface area contributed by atoms with E-state index in [1.807, 2.05) is 0 Å². The molecule has 470 valence electrons. The fourth-order valence-electron chi connectivity index (χ4n) is 11.3. The fourth-order valence-corrected chi connectivity index (χ4v) is 11.9. The third-order valence-corrected chi connectivity index (χ3v) is 17.3. The van der Waals surface area contributed by atoms with Gasteiger partial charge in [-0.15, -0.1) is 0 Å². The molecule has 3 aliphatic rings. The molecule has 87 heavy (non-hydrogen) atoms. The lowest BCUT2D eigenvalue weighted by Crippen LogP contribution is -2.47. The van der Waals surface area contributed by atoms with Crippen LogP contribution in [0, 0.1) is 36.5 Å². The average molecular weight is 1250 g/mol. The minimum Gasteiger partial charge on any atom is -0.507 e. The SMILES string of the molecule is CO[C@H]1/C=C/O[C@@]2(C)Oc3c(C)c(O)c4c(=O)c(c5oc6cc(N7CCN(CC(C)C)CC7)cc(=O)c6nc5c4c3=C2O)NC(=O)/C(C)=C\C=C\[C@H](C)[C@H](OC(=O)CCCCOC(=O)CCC(=O)NC(P=O)P=O)[C@@H](C)[C@@H](O)[C@@H](C)[C@H](OC(C)=O)[C@@H]1C. The molecule has 24 nitrogen and oxygen atoms in total. The Kier molecular flexibility index (Phi) is 22.5. The van der Waals surface area contributed by atoms with Crippen molar-refractivity contribution in [3.8, 4) is 11.5 Å². The first kappa shape index (κ1) is 67.2. The van der Waals surface area contributed by atoms with Gasteiger partial charge in [-0.3, -0.25) is 47.6 Å². The first-order valence-electron chi connectivity index (χ1n) is 29.0. The molecule has 0 saturated carbocycles. The second-order valence-electron chi connectivity index (χ2n) is 23.0. The number of methoxy groups -OCH3 is 1. The van der Waals surface area contributed by atoms with Gasteiger partial charge >= 0.3 is 23.7 Å². The van der Waals surface area contributed by atoms with Crippen LogP contribution in [-0.4, -0.2) is 137 Å². The van der Waals surface area contributed by atoms with Crippen LogP contribution in [0.25, 0.3) is 38.7 Å². The summed E-state index contributed by atoms with van der Waals surface area (Å²) in [5, 5.41) is 40.9. The number of carbonyl (C=O) groups excluding carboxylic acids is 5. The zero-order valence-electron chi connectivity index (χ0n) is 50.7. The monoisotopic (exact) mass is 1250 g/mol. The number of carbonyl (C=O) groups is 5. The molecule has 26 heteroatoms. The number of rotatable bonds is 17. The zero-order chi connectivity index (χ0) is 63.8. The summed E-state index contributed by atoms with van der Waals surface area (Å²) >= 11 is 0. The van der Waals surface area contributed by atoms with Crippen LogP contribution in [0.15, 0.2) is 62.3 Å². The van der Waals surface area contributed by atoms with Gasteiger partial charge < -0.3 is 63.7 Å².